The van der Waals surface area contributed by atoms with E-state index in [-0.39, 0.29) is 24.4 Å². The lowest BCUT2D eigenvalue weighted by atomic mass is 10.0. The molecule has 3 unspecified atom stereocenters. The molecular weight excluding hydrogens is 366 g/mol. The van der Waals surface area contributed by atoms with E-state index in [4.69, 9.17) is 11.6 Å². The van der Waals surface area contributed by atoms with Crippen LogP contribution in [0.4, 0.5) is 4.79 Å². The van der Waals surface area contributed by atoms with Crippen molar-refractivity contribution in [1.82, 2.24) is 20.8 Å². The van der Waals surface area contributed by atoms with Crippen LogP contribution in [0.2, 0.25) is 5.15 Å². The van der Waals surface area contributed by atoms with E-state index in [1.54, 1.807) is 12.1 Å². The molecule has 0 aromatic carbocycles. The molecule has 1 saturated carbocycles. The lowest BCUT2D eigenvalue weighted by molar-refractivity contribution is -0.109. The number of aromatic nitrogens is 2. The van der Waals surface area contributed by atoms with Crippen molar-refractivity contribution in [3.05, 3.63) is 47.4 Å². The molecule has 1 heterocycles. The van der Waals surface area contributed by atoms with E-state index in [1.807, 2.05) is 0 Å². The van der Waals surface area contributed by atoms with Gasteiger partial charge in [0, 0.05) is 31.6 Å². The number of nitrogens with one attached hydrogen (secondary N) is 2. The Morgan fingerprint density at radius 1 is 1.56 bits per heavy atom. The van der Waals surface area contributed by atoms with E-state index in [9.17, 15) is 9.59 Å². The van der Waals surface area contributed by atoms with Crippen LogP contribution in [0.1, 0.15) is 29.5 Å². The highest BCUT2D eigenvalue weighted by atomic mass is 35.5. The maximum Gasteiger partial charge on any atom is 0.314 e. The highest BCUT2D eigenvalue weighted by Gasteiger charge is 2.39. The van der Waals surface area contributed by atoms with Crippen molar-refractivity contribution < 1.29 is 9.59 Å². The number of urea groups is 1. The summed E-state index contributed by atoms with van der Waals surface area (Å²) in [4.78, 5) is 26.7. The summed E-state index contributed by atoms with van der Waals surface area (Å²) in [6, 6.07) is 1.39. The van der Waals surface area contributed by atoms with E-state index in [0.717, 1.165) is 18.3 Å². The minimum Gasteiger partial charge on any atom is -0.341 e. The summed E-state index contributed by atoms with van der Waals surface area (Å²) >= 11 is 6.18. The molecule has 27 heavy (non-hydrogen) atoms. The van der Waals surface area contributed by atoms with Crippen molar-refractivity contribution in [2.75, 3.05) is 13.6 Å². The Kier molecular flexibility index (Phi) is 7.26. The highest BCUT2D eigenvalue weighted by molar-refractivity contribution is 6.30. The van der Waals surface area contributed by atoms with E-state index in [2.05, 4.69) is 50.8 Å². The van der Waals surface area contributed by atoms with Crippen molar-refractivity contribution in [2.45, 2.75) is 18.3 Å². The van der Waals surface area contributed by atoms with Crippen LogP contribution in [0.5, 0.6) is 0 Å². The molecule has 2 amide bonds. The normalized spacial score (nSPS) is 18.7. The van der Waals surface area contributed by atoms with Gasteiger partial charge in [0.1, 0.15) is 12.0 Å². The van der Waals surface area contributed by atoms with Crippen LogP contribution in [0.15, 0.2) is 36.0 Å². The zero-order valence-corrected chi connectivity index (χ0v) is 15.7. The number of aldehydes is 1. The van der Waals surface area contributed by atoms with Gasteiger partial charge >= 0.3 is 6.03 Å². The standard InChI is InChI=1S/C19H20ClN5O2/c1-4-7-22-12(2)5-6-13-8-15(13)16-9-17(24-25-18(16)20)14(11-26)10-23-19(27)21-3/h4,7,9,11,13-15H,1-2,8,10H2,3H3,(H2,21,23,27). The van der Waals surface area contributed by atoms with E-state index in [1.165, 1.54) is 13.3 Å². The highest BCUT2D eigenvalue weighted by Crippen LogP contribution is 2.49. The molecule has 8 heteroatoms. The van der Waals surface area contributed by atoms with E-state index < -0.39 is 5.92 Å². The van der Waals surface area contributed by atoms with Crippen molar-refractivity contribution in [3.63, 3.8) is 0 Å². The Labute approximate surface area is 163 Å². The number of hydrogen-bond acceptors (Lipinski definition) is 5. The first-order valence-electron chi connectivity index (χ1n) is 8.29. The first kappa shape index (κ1) is 20.3. The Morgan fingerprint density at radius 2 is 2.33 bits per heavy atom. The fourth-order valence-corrected chi connectivity index (χ4v) is 2.64. The molecule has 1 fully saturated rings. The van der Waals surface area contributed by atoms with Crippen LogP contribution in [0, 0.1) is 17.8 Å². The Bertz CT molecular complexity index is 840. The summed E-state index contributed by atoms with van der Waals surface area (Å²) in [5.74, 6) is 5.65. The van der Waals surface area contributed by atoms with Gasteiger partial charge in [-0.3, -0.25) is 0 Å². The number of carbonyl (C=O) groups is 2. The van der Waals surface area contributed by atoms with Crippen molar-refractivity contribution in [1.29, 1.82) is 0 Å². The van der Waals surface area contributed by atoms with E-state index >= 15 is 0 Å². The van der Waals surface area contributed by atoms with Crippen LogP contribution in [-0.4, -0.2) is 42.3 Å². The molecule has 0 saturated heterocycles. The van der Waals surface area contributed by atoms with Gasteiger partial charge in [-0.2, -0.15) is 5.10 Å². The zero-order valence-electron chi connectivity index (χ0n) is 14.9. The van der Waals surface area contributed by atoms with Crippen molar-refractivity contribution in [2.24, 2.45) is 10.9 Å². The number of carbonyl (C=O) groups excluding carboxylic acids is 2. The molecular formula is C19H20ClN5O2. The van der Waals surface area contributed by atoms with Gasteiger partial charge in [0.15, 0.2) is 5.15 Å². The van der Waals surface area contributed by atoms with Crippen LogP contribution >= 0.6 is 11.6 Å². The van der Waals surface area contributed by atoms with Gasteiger partial charge in [-0.1, -0.05) is 36.8 Å². The molecule has 3 atom stereocenters. The first-order valence-corrected chi connectivity index (χ1v) is 8.67. The maximum atomic E-state index is 11.4. The summed E-state index contributed by atoms with van der Waals surface area (Å²) in [7, 11) is 1.50. The topological polar surface area (TPSA) is 96.3 Å². The lowest BCUT2D eigenvalue weighted by Gasteiger charge is -2.12. The summed E-state index contributed by atoms with van der Waals surface area (Å²) in [6.45, 7) is 7.41. The van der Waals surface area contributed by atoms with Gasteiger partial charge in [-0.15, -0.1) is 5.10 Å². The van der Waals surface area contributed by atoms with Gasteiger partial charge in [0.05, 0.1) is 11.6 Å². The van der Waals surface area contributed by atoms with Gasteiger partial charge in [0.2, 0.25) is 0 Å². The molecule has 0 spiro atoms. The summed E-state index contributed by atoms with van der Waals surface area (Å²) < 4.78 is 0. The van der Waals surface area contributed by atoms with Gasteiger partial charge in [-0.05, 0) is 24.0 Å². The first-order chi connectivity index (χ1) is 13.0. The average molecular weight is 386 g/mol. The number of amides is 2. The molecule has 1 aliphatic carbocycles. The van der Waals surface area contributed by atoms with E-state index in [0.29, 0.717) is 16.5 Å². The molecule has 0 bridgehead atoms. The second kappa shape index (κ2) is 9.64. The van der Waals surface area contributed by atoms with Crippen LogP contribution in [0.3, 0.4) is 0 Å². The van der Waals surface area contributed by atoms with Crippen molar-refractivity contribution in [3.8, 4) is 11.8 Å². The Hall–Kier alpha value is -2.98. The molecule has 0 aliphatic heterocycles. The Morgan fingerprint density at radius 3 is 3.00 bits per heavy atom. The average Bonchev–Trinajstić information content (AvgIpc) is 3.45. The van der Waals surface area contributed by atoms with Crippen LogP contribution in [-0.2, 0) is 4.79 Å². The fourth-order valence-electron chi connectivity index (χ4n) is 2.41. The molecule has 1 aromatic rings. The minimum atomic E-state index is -0.609. The number of halogens is 1. The van der Waals surface area contributed by atoms with Gasteiger partial charge in [-0.25, -0.2) is 9.79 Å². The summed E-state index contributed by atoms with van der Waals surface area (Å²) in [5.41, 5.74) is 1.72. The SMILES string of the molecule is C=CC=NC(=C)C#CC1CC1c1cc(C(C=O)CNC(=O)NC)nnc1Cl. The molecule has 0 radical (unpaired) electrons. The maximum absolute atomic E-state index is 11.4. The summed E-state index contributed by atoms with van der Waals surface area (Å²) in [5, 5.41) is 13.3. The molecule has 1 aliphatic rings. The van der Waals surface area contributed by atoms with Crippen LogP contribution in [0.25, 0.3) is 0 Å². The monoisotopic (exact) mass is 385 g/mol. The van der Waals surface area contributed by atoms with Crippen molar-refractivity contribution >= 4 is 30.1 Å². The smallest absolute Gasteiger partial charge is 0.314 e. The molecule has 1 aromatic heterocycles. The number of allylic oxidation sites excluding steroid dienone is 2. The zero-order chi connectivity index (χ0) is 19.8. The number of hydrogen-bond donors (Lipinski definition) is 2. The molecule has 2 N–H and O–H groups in total. The lowest BCUT2D eigenvalue weighted by Crippen LogP contribution is -2.36. The third-order valence-corrected chi connectivity index (χ3v) is 4.27. The molecule has 7 nitrogen and oxygen atoms in total. The number of nitrogens with zero attached hydrogens (tertiary/aromatic N) is 3. The number of rotatable bonds is 7. The minimum absolute atomic E-state index is 0.119. The largest absolute Gasteiger partial charge is 0.341 e. The predicted molar refractivity (Wildman–Crippen MR) is 105 cm³/mol. The third kappa shape index (κ3) is 5.76. The predicted octanol–water partition coefficient (Wildman–Crippen LogP) is 2.22. The second-order valence-electron chi connectivity index (χ2n) is 5.90. The van der Waals surface area contributed by atoms with Gasteiger partial charge in [0.25, 0.3) is 0 Å². The Balaban J connectivity index is 2.10. The summed E-state index contributed by atoms with van der Waals surface area (Å²) in [6.07, 6.45) is 4.64. The second-order valence-corrected chi connectivity index (χ2v) is 6.25. The number of aliphatic imine (C=N–C) groups is 1. The fraction of sp³-hybridized carbons (Fsp3) is 0.316. The van der Waals surface area contributed by atoms with Crippen LogP contribution < -0.4 is 10.6 Å². The molecule has 140 valence electrons. The van der Waals surface area contributed by atoms with Gasteiger partial charge < -0.3 is 15.4 Å². The molecule has 2 rings (SSSR count). The third-order valence-electron chi connectivity index (χ3n) is 3.98. The quantitative estimate of drug-likeness (QED) is 0.427.